The van der Waals surface area contributed by atoms with E-state index < -0.39 is 11.9 Å². The van der Waals surface area contributed by atoms with E-state index in [0.717, 1.165) is 60.3 Å². The largest absolute Gasteiger partial charge is 0.480 e. The molecule has 1 saturated carbocycles. The molecule has 0 radical (unpaired) electrons. The van der Waals surface area contributed by atoms with Gasteiger partial charge in [-0.05, 0) is 47.0 Å². The molecule has 14 heteroatoms. The highest BCUT2D eigenvalue weighted by molar-refractivity contribution is 14.2. The van der Waals surface area contributed by atoms with Crippen LogP contribution in [0.3, 0.4) is 0 Å². The number of rotatable bonds is 6. The second-order valence-corrected chi connectivity index (χ2v) is 11.4. The summed E-state index contributed by atoms with van der Waals surface area (Å²) in [6.45, 7) is 1.32. The topological polar surface area (TPSA) is 86.8 Å². The van der Waals surface area contributed by atoms with Crippen molar-refractivity contribution in [2.75, 3.05) is 18.6 Å². The second-order valence-electron chi connectivity index (χ2n) is 9.32. The van der Waals surface area contributed by atoms with Gasteiger partial charge in [0.25, 0.3) is 0 Å². The van der Waals surface area contributed by atoms with Crippen LogP contribution in [-0.2, 0) is 26.2 Å². The van der Waals surface area contributed by atoms with Gasteiger partial charge in [0.15, 0.2) is 5.69 Å². The van der Waals surface area contributed by atoms with Gasteiger partial charge >= 0.3 is 6.18 Å². The zero-order valence-electron chi connectivity index (χ0n) is 20.5. The van der Waals surface area contributed by atoms with Crippen molar-refractivity contribution in [3.63, 3.8) is 0 Å². The van der Waals surface area contributed by atoms with Crippen LogP contribution in [0.25, 0.3) is 22.6 Å². The third-order valence-corrected chi connectivity index (χ3v) is 8.77. The Hall–Kier alpha value is -2.80. The van der Waals surface area contributed by atoms with Crippen LogP contribution in [0, 0.1) is 0 Å². The molecule has 1 aliphatic heterocycles. The van der Waals surface area contributed by atoms with Crippen LogP contribution in [0.15, 0.2) is 30.9 Å². The van der Waals surface area contributed by atoms with Gasteiger partial charge in [-0.15, -0.1) is 0 Å². The minimum Gasteiger partial charge on any atom is -0.480 e. The third kappa shape index (κ3) is 4.53. The fraction of sp³-hybridized carbons (Fsp3) is 0.375. The van der Waals surface area contributed by atoms with Crippen LogP contribution in [0.2, 0.25) is 0 Å². The van der Waals surface area contributed by atoms with Crippen molar-refractivity contribution in [1.29, 1.82) is 0 Å². The monoisotopic (exact) mass is 654 g/mol. The highest BCUT2D eigenvalue weighted by Crippen LogP contribution is 2.47. The number of methoxy groups -OCH3 is 1. The van der Waals surface area contributed by atoms with E-state index in [2.05, 4.69) is 51.3 Å². The molecule has 9 nitrogen and oxygen atoms in total. The molecule has 38 heavy (non-hydrogen) atoms. The molecule has 0 bridgehead atoms. The summed E-state index contributed by atoms with van der Waals surface area (Å²) in [5.74, 6) is 1.87. The van der Waals surface area contributed by atoms with Crippen LogP contribution in [0.4, 0.5) is 19.0 Å². The molecule has 0 spiro atoms. The van der Waals surface area contributed by atoms with Gasteiger partial charge < -0.3 is 14.2 Å². The molecular weight excluding hydrogens is 631 g/mol. The Labute approximate surface area is 231 Å². The third-order valence-electron chi connectivity index (χ3n) is 6.87. The summed E-state index contributed by atoms with van der Waals surface area (Å²) < 4.78 is 48.4. The second kappa shape index (κ2) is 9.74. The summed E-state index contributed by atoms with van der Waals surface area (Å²) in [7, 11) is 3.16. The van der Waals surface area contributed by atoms with Crippen molar-refractivity contribution in [1.82, 2.24) is 34.1 Å². The Morgan fingerprint density at radius 3 is 2.61 bits per heavy atom. The smallest absolute Gasteiger partial charge is 0.434 e. The lowest BCUT2D eigenvalue weighted by atomic mass is 9.99. The minimum atomic E-state index is -4.50. The summed E-state index contributed by atoms with van der Waals surface area (Å²) in [5.41, 5.74) is 4.56. The maximum atomic E-state index is 13.1. The number of imidazole rings is 1. The first-order valence-electron chi connectivity index (χ1n) is 12.0. The summed E-state index contributed by atoms with van der Waals surface area (Å²) in [5, 5.41) is 4.99. The molecule has 1 aliphatic carbocycles. The number of aryl methyl sites for hydroxylation is 1. The van der Waals surface area contributed by atoms with Crippen LogP contribution in [0.1, 0.15) is 41.4 Å². The average Bonchev–Trinajstić information content (AvgIpc) is 3.59. The number of fused-ring (bicyclic) bond motifs is 1. The number of anilines is 1. The van der Waals surface area contributed by atoms with E-state index in [9.17, 15) is 13.2 Å². The Morgan fingerprint density at radius 1 is 1.16 bits per heavy atom. The lowest BCUT2D eigenvalue weighted by molar-refractivity contribution is -0.140. The zero-order valence-corrected chi connectivity index (χ0v) is 23.7. The fourth-order valence-electron chi connectivity index (χ4n) is 4.89. The van der Waals surface area contributed by atoms with Gasteiger partial charge in [0, 0.05) is 56.0 Å². The highest BCUT2D eigenvalue weighted by Gasteiger charge is 2.36. The van der Waals surface area contributed by atoms with Gasteiger partial charge in [0.2, 0.25) is 5.88 Å². The Kier molecular flexibility index (Phi) is 6.53. The number of halogens is 4. The van der Waals surface area contributed by atoms with Crippen molar-refractivity contribution in [3.8, 4) is 28.5 Å². The van der Waals surface area contributed by atoms with Gasteiger partial charge in [-0.3, -0.25) is 0 Å². The van der Waals surface area contributed by atoms with Gasteiger partial charge in [0.1, 0.15) is 23.7 Å². The predicted octanol–water partition coefficient (Wildman–Crippen LogP) is 5.39. The highest BCUT2D eigenvalue weighted by atomic mass is 127. The first-order valence-corrected chi connectivity index (χ1v) is 16.0. The molecular formula is C24H23F3IN8OP. The molecule has 1 unspecified atom stereocenters. The zero-order chi connectivity index (χ0) is 26.6. The Morgan fingerprint density at radius 2 is 1.97 bits per heavy atom. The lowest BCUT2D eigenvalue weighted by Crippen LogP contribution is -2.31. The summed E-state index contributed by atoms with van der Waals surface area (Å²) in [4.78, 5) is 19.5. The van der Waals surface area contributed by atoms with Crippen molar-refractivity contribution >= 4 is 34.2 Å². The predicted molar refractivity (Wildman–Crippen MR) is 146 cm³/mol. The fourth-order valence-corrected chi connectivity index (χ4v) is 6.57. The first-order chi connectivity index (χ1) is 18.3. The summed E-state index contributed by atoms with van der Waals surface area (Å²) in [6, 6.07) is 3.59. The molecule has 1 atom stereocenters. The van der Waals surface area contributed by atoms with E-state index in [1.165, 1.54) is 10.3 Å². The lowest BCUT2D eigenvalue weighted by Gasteiger charge is -2.29. The molecule has 1 fully saturated rings. The summed E-state index contributed by atoms with van der Waals surface area (Å²) in [6.07, 6.45) is 3.02. The number of ether oxygens (including phenoxy) is 1. The van der Waals surface area contributed by atoms with E-state index >= 15 is 0 Å². The van der Waals surface area contributed by atoms with Crippen molar-refractivity contribution in [3.05, 3.63) is 53.5 Å². The number of alkyl halides is 3. The number of hydrogen-bond acceptors (Lipinski definition) is 7. The Bertz CT molecular complexity index is 1500. The van der Waals surface area contributed by atoms with E-state index in [1.807, 2.05) is 6.07 Å². The summed E-state index contributed by atoms with van der Waals surface area (Å²) >= 11 is 2.34. The normalized spacial score (nSPS) is 15.9. The standard InChI is InChI=1S/C24H23F3IN8OP/c1-34-11-17(24(25,26)27)32-22(34)14-5-6-18(29-9-14)35-8-7-16-15(10-35)21(33-36(16)38-28)19-20(13-3-4-13)30-12-31-23(19)37-2/h5-6,9,11-13,38H,3-4,7-8,10H2,1-2H3. The average molecular weight is 654 g/mol. The number of nitrogens with zero attached hydrogens (tertiary/aromatic N) is 8. The number of aromatic nitrogens is 7. The van der Waals surface area contributed by atoms with Crippen molar-refractivity contribution in [2.24, 2.45) is 7.05 Å². The van der Waals surface area contributed by atoms with Crippen LogP contribution in [-0.4, -0.2) is 47.7 Å². The molecule has 2 aliphatic rings. The van der Waals surface area contributed by atoms with Crippen LogP contribution >= 0.6 is 28.4 Å². The molecule has 198 valence electrons. The van der Waals surface area contributed by atoms with Gasteiger partial charge in [-0.2, -0.15) is 18.3 Å². The molecule has 0 aromatic carbocycles. The van der Waals surface area contributed by atoms with E-state index in [4.69, 9.17) is 9.84 Å². The molecule has 5 heterocycles. The molecule has 4 aromatic rings. The van der Waals surface area contributed by atoms with Crippen LogP contribution in [0.5, 0.6) is 5.88 Å². The molecule has 4 aromatic heterocycles. The van der Waals surface area contributed by atoms with Crippen LogP contribution < -0.4 is 9.64 Å². The quantitative estimate of drug-likeness (QED) is 0.204. The van der Waals surface area contributed by atoms with E-state index in [1.54, 1.807) is 32.7 Å². The van der Waals surface area contributed by atoms with E-state index in [0.29, 0.717) is 30.3 Å². The Balaban J connectivity index is 1.34. The van der Waals surface area contributed by atoms with E-state index in [-0.39, 0.29) is 5.82 Å². The van der Waals surface area contributed by atoms with Gasteiger partial charge in [-0.25, -0.2) is 24.4 Å². The van der Waals surface area contributed by atoms with Crippen molar-refractivity contribution < 1.29 is 17.9 Å². The van der Waals surface area contributed by atoms with Gasteiger partial charge in [0.05, 0.1) is 30.4 Å². The molecule has 0 saturated heterocycles. The molecule has 0 N–H and O–H groups in total. The molecule has 0 amide bonds. The van der Waals surface area contributed by atoms with Gasteiger partial charge in [-0.1, -0.05) is 0 Å². The first kappa shape index (κ1) is 25.5. The number of pyridine rings is 1. The molecule has 6 rings (SSSR count). The maximum absolute atomic E-state index is 13.1. The van der Waals surface area contributed by atoms with Crippen molar-refractivity contribution in [2.45, 2.75) is 37.9 Å². The maximum Gasteiger partial charge on any atom is 0.434 e. The SMILES string of the molecule is COc1ncnc(C2CC2)c1-c1nn(PI)c2c1CN(c1ccc(-c3nc(C(F)(F)F)cn3C)cn1)CC2. The minimum absolute atomic E-state index is 0.215. The number of hydrogen-bond donors (Lipinski definition) is 0.